The maximum Gasteiger partial charge on any atom is 0.0329 e. The maximum absolute atomic E-state index is 3.48. The Kier molecular flexibility index (Phi) is 7.61. The zero-order chi connectivity index (χ0) is 14.3. The molecule has 4 heteroatoms. The van der Waals surface area contributed by atoms with Crippen molar-refractivity contribution in [2.75, 3.05) is 47.8 Å². The number of benzene rings is 1. The Labute approximate surface area is 126 Å². The molecule has 1 atom stereocenters. The molecular formula is C15H26BrN3. The van der Waals surface area contributed by atoms with Crippen LogP contribution < -0.4 is 5.32 Å². The fraction of sp³-hybridized carbons (Fsp3) is 0.600. The van der Waals surface area contributed by atoms with Gasteiger partial charge in [0.15, 0.2) is 0 Å². The fourth-order valence-electron chi connectivity index (χ4n) is 2.00. The molecule has 0 aliphatic rings. The van der Waals surface area contributed by atoms with Crippen molar-refractivity contribution >= 4 is 15.9 Å². The molecule has 1 aromatic rings. The van der Waals surface area contributed by atoms with Crippen molar-refractivity contribution in [2.24, 2.45) is 0 Å². The molecule has 19 heavy (non-hydrogen) atoms. The molecule has 0 amide bonds. The van der Waals surface area contributed by atoms with E-state index >= 15 is 0 Å². The van der Waals surface area contributed by atoms with Crippen LogP contribution in [-0.4, -0.2) is 57.6 Å². The van der Waals surface area contributed by atoms with Crippen molar-refractivity contribution in [3.63, 3.8) is 0 Å². The standard InChI is InChI=1S/C15H26BrN3/c1-17-15(13-5-7-14(16)8-6-13)9-10-19(4)12-11-18(2)3/h5-8,15,17H,9-12H2,1-4H3. The van der Waals surface area contributed by atoms with E-state index in [0.717, 1.165) is 30.5 Å². The fourth-order valence-corrected chi connectivity index (χ4v) is 2.27. The third-order valence-electron chi connectivity index (χ3n) is 3.35. The zero-order valence-corrected chi connectivity index (χ0v) is 14.1. The molecule has 0 fully saturated rings. The van der Waals surface area contributed by atoms with Gasteiger partial charge in [-0.25, -0.2) is 0 Å². The highest BCUT2D eigenvalue weighted by molar-refractivity contribution is 9.10. The van der Waals surface area contributed by atoms with Gasteiger partial charge in [-0.15, -0.1) is 0 Å². The second-order valence-electron chi connectivity index (χ2n) is 5.29. The van der Waals surface area contributed by atoms with Gasteiger partial charge in [0.05, 0.1) is 0 Å². The average Bonchev–Trinajstić information content (AvgIpc) is 2.39. The van der Waals surface area contributed by atoms with Gasteiger partial charge in [-0.2, -0.15) is 0 Å². The maximum atomic E-state index is 3.48. The Balaban J connectivity index is 2.42. The lowest BCUT2D eigenvalue weighted by Gasteiger charge is -2.23. The number of halogens is 1. The van der Waals surface area contributed by atoms with Crippen molar-refractivity contribution in [3.05, 3.63) is 34.3 Å². The van der Waals surface area contributed by atoms with Crippen LogP contribution in [0.1, 0.15) is 18.0 Å². The SMILES string of the molecule is CNC(CCN(C)CCN(C)C)c1ccc(Br)cc1. The summed E-state index contributed by atoms with van der Waals surface area (Å²) in [5.74, 6) is 0. The van der Waals surface area contributed by atoms with Gasteiger partial charge in [0.1, 0.15) is 0 Å². The molecule has 0 saturated heterocycles. The summed E-state index contributed by atoms with van der Waals surface area (Å²) in [5, 5.41) is 3.41. The first-order chi connectivity index (χ1) is 9.02. The molecule has 0 bridgehead atoms. The quantitative estimate of drug-likeness (QED) is 0.791. The van der Waals surface area contributed by atoms with Gasteiger partial charge in [-0.3, -0.25) is 0 Å². The van der Waals surface area contributed by atoms with Gasteiger partial charge in [0, 0.05) is 23.6 Å². The number of hydrogen-bond donors (Lipinski definition) is 1. The number of nitrogens with zero attached hydrogens (tertiary/aromatic N) is 2. The summed E-state index contributed by atoms with van der Waals surface area (Å²) in [7, 11) is 8.46. The predicted molar refractivity (Wildman–Crippen MR) is 86.6 cm³/mol. The van der Waals surface area contributed by atoms with Crippen LogP contribution in [0.15, 0.2) is 28.7 Å². The van der Waals surface area contributed by atoms with E-state index in [2.05, 4.69) is 76.5 Å². The van der Waals surface area contributed by atoms with E-state index < -0.39 is 0 Å². The Morgan fingerprint density at radius 1 is 1.05 bits per heavy atom. The molecule has 1 rings (SSSR count). The molecule has 0 radical (unpaired) electrons. The van der Waals surface area contributed by atoms with E-state index in [1.807, 2.05) is 7.05 Å². The summed E-state index contributed by atoms with van der Waals surface area (Å²) in [4.78, 5) is 4.62. The first-order valence-electron chi connectivity index (χ1n) is 6.79. The molecule has 0 aromatic heterocycles. The molecule has 3 nitrogen and oxygen atoms in total. The lowest BCUT2D eigenvalue weighted by atomic mass is 10.0. The van der Waals surface area contributed by atoms with Crippen LogP contribution in [0, 0.1) is 0 Å². The van der Waals surface area contributed by atoms with Crippen LogP contribution in [0.3, 0.4) is 0 Å². The van der Waals surface area contributed by atoms with Crippen molar-refractivity contribution in [3.8, 4) is 0 Å². The van der Waals surface area contributed by atoms with Gasteiger partial charge in [-0.05, 0) is 58.9 Å². The molecule has 0 aliphatic heterocycles. The van der Waals surface area contributed by atoms with Gasteiger partial charge in [-0.1, -0.05) is 28.1 Å². The molecule has 0 saturated carbocycles. The first-order valence-corrected chi connectivity index (χ1v) is 7.58. The highest BCUT2D eigenvalue weighted by Gasteiger charge is 2.10. The van der Waals surface area contributed by atoms with Crippen molar-refractivity contribution in [1.29, 1.82) is 0 Å². The Hall–Kier alpha value is -0.420. The Morgan fingerprint density at radius 2 is 1.68 bits per heavy atom. The topological polar surface area (TPSA) is 18.5 Å². The summed E-state index contributed by atoms with van der Waals surface area (Å²) in [5.41, 5.74) is 1.35. The minimum atomic E-state index is 0.426. The Bertz CT molecular complexity index is 351. The average molecular weight is 328 g/mol. The number of hydrogen-bond acceptors (Lipinski definition) is 3. The zero-order valence-electron chi connectivity index (χ0n) is 12.5. The summed E-state index contributed by atoms with van der Waals surface area (Å²) in [6, 6.07) is 9.01. The van der Waals surface area contributed by atoms with Crippen LogP contribution in [-0.2, 0) is 0 Å². The smallest absolute Gasteiger partial charge is 0.0329 e. The molecular weight excluding hydrogens is 302 g/mol. The normalized spacial score (nSPS) is 13.2. The summed E-state index contributed by atoms with van der Waals surface area (Å²) < 4.78 is 1.13. The summed E-state index contributed by atoms with van der Waals surface area (Å²) >= 11 is 3.48. The van der Waals surface area contributed by atoms with E-state index in [9.17, 15) is 0 Å². The van der Waals surface area contributed by atoms with Crippen LogP contribution in [0.5, 0.6) is 0 Å². The van der Waals surface area contributed by atoms with Crippen LogP contribution in [0.2, 0.25) is 0 Å². The Morgan fingerprint density at radius 3 is 2.21 bits per heavy atom. The highest BCUT2D eigenvalue weighted by Crippen LogP contribution is 2.19. The summed E-state index contributed by atoms with van der Waals surface area (Å²) in [6.07, 6.45) is 1.13. The molecule has 1 N–H and O–H groups in total. The van der Waals surface area contributed by atoms with Gasteiger partial charge >= 0.3 is 0 Å². The number of likely N-dealkylation sites (N-methyl/N-ethyl adjacent to an activating group) is 2. The largest absolute Gasteiger partial charge is 0.313 e. The predicted octanol–water partition coefficient (Wildman–Crippen LogP) is 2.59. The molecule has 1 aromatic carbocycles. The number of nitrogens with one attached hydrogen (secondary N) is 1. The van der Waals surface area contributed by atoms with Gasteiger partial charge in [0.25, 0.3) is 0 Å². The van der Waals surface area contributed by atoms with E-state index in [-0.39, 0.29) is 0 Å². The lowest BCUT2D eigenvalue weighted by Crippen LogP contribution is -2.31. The lowest BCUT2D eigenvalue weighted by molar-refractivity contribution is 0.270. The minimum Gasteiger partial charge on any atom is -0.313 e. The van der Waals surface area contributed by atoms with Crippen molar-refractivity contribution in [2.45, 2.75) is 12.5 Å². The van der Waals surface area contributed by atoms with Crippen LogP contribution in [0.4, 0.5) is 0 Å². The van der Waals surface area contributed by atoms with Gasteiger partial charge in [0.2, 0.25) is 0 Å². The van der Waals surface area contributed by atoms with Crippen LogP contribution >= 0.6 is 15.9 Å². The third-order valence-corrected chi connectivity index (χ3v) is 3.88. The minimum absolute atomic E-state index is 0.426. The first kappa shape index (κ1) is 16.6. The van der Waals surface area contributed by atoms with Crippen molar-refractivity contribution in [1.82, 2.24) is 15.1 Å². The molecule has 0 heterocycles. The second kappa shape index (κ2) is 8.69. The summed E-state index contributed by atoms with van der Waals surface area (Å²) in [6.45, 7) is 3.33. The molecule has 0 spiro atoms. The number of rotatable bonds is 8. The molecule has 108 valence electrons. The monoisotopic (exact) mass is 327 g/mol. The van der Waals surface area contributed by atoms with Gasteiger partial charge < -0.3 is 15.1 Å². The third kappa shape index (κ3) is 6.52. The van der Waals surface area contributed by atoms with E-state index in [1.165, 1.54) is 5.56 Å². The van der Waals surface area contributed by atoms with E-state index in [1.54, 1.807) is 0 Å². The second-order valence-corrected chi connectivity index (χ2v) is 6.20. The van der Waals surface area contributed by atoms with E-state index in [4.69, 9.17) is 0 Å². The van der Waals surface area contributed by atoms with Crippen LogP contribution in [0.25, 0.3) is 0 Å². The van der Waals surface area contributed by atoms with Crippen molar-refractivity contribution < 1.29 is 0 Å². The highest BCUT2D eigenvalue weighted by atomic mass is 79.9. The molecule has 0 aliphatic carbocycles. The molecule has 1 unspecified atom stereocenters. The van der Waals surface area contributed by atoms with E-state index in [0.29, 0.717) is 6.04 Å².